The molecular weight excluding hydrogens is 276 g/mol. The van der Waals surface area contributed by atoms with Gasteiger partial charge >= 0.3 is 0 Å². The number of unbranched alkanes of at least 4 members (excludes halogenated alkanes) is 3. The van der Waals surface area contributed by atoms with Crippen molar-refractivity contribution in [3.05, 3.63) is 0 Å². The van der Waals surface area contributed by atoms with Gasteiger partial charge in [0.25, 0.3) is 0 Å². The molecule has 1 atom stereocenters. The lowest BCUT2D eigenvalue weighted by Crippen LogP contribution is -2.49. The minimum absolute atomic E-state index is 0.0310. The summed E-state index contributed by atoms with van der Waals surface area (Å²) in [4.78, 5) is 26.7. The molecule has 1 N–H and O–H groups in total. The van der Waals surface area contributed by atoms with Crippen molar-refractivity contribution in [3.63, 3.8) is 0 Å². The highest BCUT2D eigenvalue weighted by Gasteiger charge is 2.34. The van der Waals surface area contributed by atoms with Gasteiger partial charge in [-0.2, -0.15) is 0 Å². The molecule has 0 aliphatic carbocycles. The van der Waals surface area contributed by atoms with Gasteiger partial charge in [-0.25, -0.2) is 0 Å². The summed E-state index contributed by atoms with van der Waals surface area (Å²) in [7, 11) is 0. The lowest BCUT2D eigenvalue weighted by atomic mass is 9.86. The lowest BCUT2D eigenvalue weighted by Gasteiger charge is -2.36. The highest BCUT2D eigenvalue weighted by Crippen LogP contribution is 2.26. The van der Waals surface area contributed by atoms with Crippen LogP contribution < -0.4 is 5.32 Å². The van der Waals surface area contributed by atoms with E-state index in [2.05, 4.69) is 12.2 Å². The van der Waals surface area contributed by atoms with Crippen molar-refractivity contribution < 1.29 is 9.59 Å². The lowest BCUT2D eigenvalue weighted by molar-refractivity contribution is -0.143. The van der Waals surface area contributed by atoms with Gasteiger partial charge in [-0.1, -0.05) is 47.0 Å². The summed E-state index contributed by atoms with van der Waals surface area (Å²) in [5, 5.41) is 3.05. The molecule has 128 valence electrons. The smallest absolute Gasteiger partial charge is 0.228 e. The molecule has 2 amide bonds. The molecule has 22 heavy (non-hydrogen) atoms. The molecule has 1 rings (SSSR count). The molecule has 0 aromatic heterocycles. The highest BCUT2D eigenvalue weighted by molar-refractivity contribution is 5.84. The number of piperidine rings is 1. The Bertz CT molecular complexity index is 366. The Morgan fingerprint density at radius 1 is 1.18 bits per heavy atom. The SMILES string of the molecule is CCCCCCNC(=O)C1CCCN(C(=O)C(C)(C)CC)C1. The summed E-state index contributed by atoms with van der Waals surface area (Å²) < 4.78 is 0. The first-order valence-electron chi connectivity index (χ1n) is 8.99. The summed E-state index contributed by atoms with van der Waals surface area (Å²) in [6.07, 6.45) is 7.33. The molecule has 0 aromatic carbocycles. The second kappa shape index (κ2) is 9.16. The maximum absolute atomic E-state index is 12.5. The predicted molar refractivity (Wildman–Crippen MR) is 90.5 cm³/mol. The molecular formula is C18H34N2O2. The van der Waals surface area contributed by atoms with Gasteiger partial charge in [0.2, 0.25) is 11.8 Å². The normalized spacial score (nSPS) is 19.1. The zero-order valence-corrected chi connectivity index (χ0v) is 14.9. The average Bonchev–Trinajstić information content (AvgIpc) is 2.53. The van der Waals surface area contributed by atoms with E-state index >= 15 is 0 Å². The second-order valence-electron chi connectivity index (χ2n) is 7.18. The van der Waals surface area contributed by atoms with E-state index in [4.69, 9.17) is 0 Å². The van der Waals surface area contributed by atoms with E-state index in [0.29, 0.717) is 6.54 Å². The molecule has 1 fully saturated rings. The van der Waals surface area contributed by atoms with Crippen molar-refractivity contribution in [2.45, 2.75) is 72.6 Å². The van der Waals surface area contributed by atoms with Crippen LogP contribution in [0, 0.1) is 11.3 Å². The third kappa shape index (κ3) is 5.62. The van der Waals surface area contributed by atoms with E-state index in [0.717, 1.165) is 38.8 Å². The number of hydrogen-bond donors (Lipinski definition) is 1. The minimum atomic E-state index is -0.321. The highest BCUT2D eigenvalue weighted by atomic mass is 16.2. The summed E-state index contributed by atoms with van der Waals surface area (Å²) in [5.41, 5.74) is -0.321. The van der Waals surface area contributed by atoms with Gasteiger partial charge < -0.3 is 10.2 Å². The van der Waals surface area contributed by atoms with Crippen LogP contribution in [0.15, 0.2) is 0 Å². The number of amides is 2. The summed E-state index contributed by atoms with van der Waals surface area (Å²) in [6, 6.07) is 0. The monoisotopic (exact) mass is 310 g/mol. The van der Waals surface area contributed by atoms with E-state index in [-0.39, 0.29) is 23.1 Å². The van der Waals surface area contributed by atoms with Gasteiger partial charge in [0.15, 0.2) is 0 Å². The van der Waals surface area contributed by atoms with Crippen molar-refractivity contribution in [3.8, 4) is 0 Å². The number of carbonyl (C=O) groups excluding carboxylic acids is 2. The fraction of sp³-hybridized carbons (Fsp3) is 0.889. The van der Waals surface area contributed by atoms with Crippen molar-refractivity contribution in [2.24, 2.45) is 11.3 Å². The molecule has 0 radical (unpaired) electrons. The Morgan fingerprint density at radius 2 is 1.91 bits per heavy atom. The van der Waals surface area contributed by atoms with Gasteiger partial charge in [-0.15, -0.1) is 0 Å². The van der Waals surface area contributed by atoms with Crippen LogP contribution >= 0.6 is 0 Å². The zero-order chi connectivity index (χ0) is 16.6. The second-order valence-corrected chi connectivity index (χ2v) is 7.18. The molecule has 1 aliphatic rings. The quantitative estimate of drug-likeness (QED) is 0.699. The van der Waals surface area contributed by atoms with Crippen LogP contribution in [-0.4, -0.2) is 36.3 Å². The number of hydrogen-bond acceptors (Lipinski definition) is 2. The number of nitrogens with one attached hydrogen (secondary N) is 1. The van der Waals surface area contributed by atoms with Crippen molar-refractivity contribution in [1.82, 2.24) is 10.2 Å². The van der Waals surface area contributed by atoms with Crippen LogP contribution in [-0.2, 0) is 9.59 Å². The average molecular weight is 310 g/mol. The van der Waals surface area contributed by atoms with Crippen molar-refractivity contribution in [2.75, 3.05) is 19.6 Å². The minimum Gasteiger partial charge on any atom is -0.356 e. The van der Waals surface area contributed by atoms with Gasteiger partial charge in [0, 0.05) is 25.0 Å². The van der Waals surface area contributed by atoms with Crippen LogP contribution in [0.1, 0.15) is 72.6 Å². The molecule has 4 heteroatoms. The Kier molecular flexibility index (Phi) is 7.91. The first-order valence-corrected chi connectivity index (χ1v) is 8.99. The predicted octanol–water partition coefficient (Wildman–Crippen LogP) is 3.36. The maximum atomic E-state index is 12.5. The number of rotatable bonds is 8. The molecule has 1 saturated heterocycles. The number of nitrogens with zero attached hydrogens (tertiary/aromatic N) is 1. The molecule has 4 nitrogen and oxygen atoms in total. The third-order valence-corrected chi connectivity index (χ3v) is 4.87. The molecule has 0 spiro atoms. The van der Waals surface area contributed by atoms with Gasteiger partial charge in [0.1, 0.15) is 0 Å². The van der Waals surface area contributed by atoms with E-state index in [9.17, 15) is 9.59 Å². The fourth-order valence-corrected chi connectivity index (χ4v) is 2.86. The first kappa shape index (κ1) is 19.0. The third-order valence-electron chi connectivity index (χ3n) is 4.87. The van der Waals surface area contributed by atoms with Crippen molar-refractivity contribution >= 4 is 11.8 Å². The van der Waals surface area contributed by atoms with Gasteiger partial charge in [-0.05, 0) is 25.7 Å². The maximum Gasteiger partial charge on any atom is 0.228 e. The van der Waals surface area contributed by atoms with E-state index in [1.165, 1.54) is 19.3 Å². The first-order chi connectivity index (χ1) is 10.4. The molecule has 1 aliphatic heterocycles. The van der Waals surface area contributed by atoms with Crippen molar-refractivity contribution in [1.29, 1.82) is 0 Å². The van der Waals surface area contributed by atoms with E-state index in [1.807, 2.05) is 25.7 Å². The Balaban J connectivity index is 2.42. The molecule has 0 aromatic rings. The topological polar surface area (TPSA) is 49.4 Å². The van der Waals surface area contributed by atoms with Crippen LogP contribution in [0.25, 0.3) is 0 Å². The summed E-state index contributed by atoms with van der Waals surface area (Å²) in [6.45, 7) is 10.4. The largest absolute Gasteiger partial charge is 0.356 e. The molecule has 1 unspecified atom stereocenters. The number of likely N-dealkylation sites (tertiary alicyclic amines) is 1. The van der Waals surface area contributed by atoms with Crippen LogP contribution in [0.2, 0.25) is 0 Å². The zero-order valence-electron chi connectivity index (χ0n) is 14.9. The van der Waals surface area contributed by atoms with E-state index < -0.39 is 0 Å². The van der Waals surface area contributed by atoms with Gasteiger partial charge in [-0.3, -0.25) is 9.59 Å². The molecule has 1 heterocycles. The van der Waals surface area contributed by atoms with Crippen LogP contribution in [0.3, 0.4) is 0 Å². The van der Waals surface area contributed by atoms with Crippen LogP contribution in [0.4, 0.5) is 0 Å². The Morgan fingerprint density at radius 3 is 2.55 bits per heavy atom. The Labute approximate surface area is 136 Å². The standard InChI is InChI=1S/C18H34N2O2/c1-5-7-8-9-12-19-16(21)15-11-10-13-20(14-15)17(22)18(3,4)6-2/h15H,5-14H2,1-4H3,(H,19,21). The van der Waals surface area contributed by atoms with E-state index in [1.54, 1.807) is 0 Å². The number of carbonyl (C=O) groups is 2. The Hall–Kier alpha value is -1.06. The molecule has 0 saturated carbocycles. The molecule has 0 bridgehead atoms. The van der Waals surface area contributed by atoms with Gasteiger partial charge in [0.05, 0.1) is 5.92 Å². The fourth-order valence-electron chi connectivity index (χ4n) is 2.86. The summed E-state index contributed by atoms with van der Waals surface area (Å²) in [5.74, 6) is 0.287. The summed E-state index contributed by atoms with van der Waals surface area (Å²) >= 11 is 0. The van der Waals surface area contributed by atoms with Crippen LogP contribution in [0.5, 0.6) is 0 Å².